The van der Waals surface area contributed by atoms with E-state index in [0.29, 0.717) is 22.7 Å². The number of thiophene rings is 1. The van der Waals surface area contributed by atoms with E-state index in [-0.39, 0.29) is 24.9 Å². The molecule has 1 aliphatic heterocycles. The van der Waals surface area contributed by atoms with Crippen LogP contribution in [0.3, 0.4) is 0 Å². The Morgan fingerprint density at radius 1 is 1.18 bits per heavy atom. The highest BCUT2D eigenvalue weighted by Crippen LogP contribution is 2.30. The van der Waals surface area contributed by atoms with Crippen molar-refractivity contribution in [1.82, 2.24) is 14.8 Å². The largest absolute Gasteiger partial charge is 0.419 e. The second kappa shape index (κ2) is 9.55. The summed E-state index contributed by atoms with van der Waals surface area (Å²) in [4.78, 5) is 28.8. The number of aryl methyl sites for hydroxylation is 1. The summed E-state index contributed by atoms with van der Waals surface area (Å²) in [5, 5.41) is 5.75. The maximum atomic E-state index is 12.7. The third-order valence-electron chi connectivity index (χ3n) is 6.15. The third kappa shape index (κ3) is 4.76. The van der Waals surface area contributed by atoms with Gasteiger partial charge in [0.1, 0.15) is 0 Å². The first-order valence-electron chi connectivity index (χ1n) is 11.0. The first kappa shape index (κ1) is 21.9. The highest BCUT2D eigenvalue weighted by Gasteiger charge is 2.26. The van der Waals surface area contributed by atoms with E-state index >= 15 is 0 Å². The highest BCUT2D eigenvalue weighted by atomic mass is 35.5. The smallest absolute Gasteiger partial charge is 0.408 e. The van der Waals surface area contributed by atoms with E-state index in [0.717, 1.165) is 19.5 Å². The zero-order valence-electron chi connectivity index (χ0n) is 18.0. The Morgan fingerprint density at radius 3 is 2.88 bits per heavy atom. The first-order valence-corrected chi connectivity index (χ1v) is 12.2. The molecule has 0 saturated carbocycles. The summed E-state index contributed by atoms with van der Waals surface area (Å²) in [6, 6.07) is 17.6. The molecule has 0 radical (unpaired) electrons. The summed E-state index contributed by atoms with van der Waals surface area (Å²) < 4.78 is 6.73. The average molecular weight is 482 g/mol. The Balaban J connectivity index is 1.25. The van der Waals surface area contributed by atoms with Crippen LogP contribution in [0.2, 0.25) is 5.02 Å². The molecule has 0 aliphatic carbocycles. The van der Waals surface area contributed by atoms with Crippen LogP contribution in [0, 0.1) is 0 Å². The Kier molecular flexibility index (Phi) is 6.35. The van der Waals surface area contributed by atoms with Gasteiger partial charge in [-0.2, -0.15) is 0 Å². The molecule has 0 saturated heterocycles. The summed E-state index contributed by atoms with van der Waals surface area (Å²) in [5.41, 5.74) is 3.63. The number of rotatable bonds is 7. The van der Waals surface area contributed by atoms with Gasteiger partial charge in [-0.25, -0.2) is 4.79 Å². The molecule has 5 rings (SSSR count). The molecule has 0 bridgehead atoms. The molecule has 2 aromatic carbocycles. The van der Waals surface area contributed by atoms with E-state index < -0.39 is 5.76 Å². The van der Waals surface area contributed by atoms with E-state index in [1.165, 1.54) is 20.6 Å². The number of hydrogen-bond acceptors (Lipinski definition) is 5. The lowest BCUT2D eigenvalue weighted by Gasteiger charge is -2.35. The standard InChI is InChI=1S/C25H24ClN3O3S/c26-19-6-7-20-22(14-19)32-25(31)29(20)12-9-24(30)27-15-21(17-4-2-1-3-5-17)28-11-8-23-18(16-28)10-13-33-23/h1-7,10,13-14,21H,8-9,11-12,15-16H2,(H,27,30). The Hall–Kier alpha value is -2.87. The number of carbonyl (C=O) groups is 1. The number of halogens is 1. The van der Waals surface area contributed by atoms with Crippen molar-refractivity contribution < 1.29 is 9.21 Å². The lowest BCUT2D eigenvalue weighted by atomic mass is 10.0. The fraction of sp³-hybridized carbons (Fsp3) is 0.280. The molecule has 6 nitrogen and oxygen atoms in total. The van der Waals surface area contributed by atoms with Crippen molar-refractivity contribution in [3.8, 4) is 0 Å². The molecule has 170 valence electrons. The molecule has 4 aromatic rings. The Morgan fingerprint density at radius 2 is 2.03 bits per heavy atom. The van der Waals surface area contributed by atoms with E-state index in [9.17, 15) is 9.59 Å². The van der Waals surface area contributed by atoms with Crippen LogP contribution in [-0.4, -0.2) is 28.5 Å². The molecule has 0 fully saturated rings. The first-order chi connectivity index (χ1) is 16.1. The van der Waals surface area contributed by atoms with Crippen LogP contribution in [0.25, 0.3) is 11.1 Å². The van der Waals surface area contributed by atoms with Gasteiger partial charge in [0.15, 0.2) is 5.58 Å². The van der Waals surface area contributed by atoms with Crippen LogP contribution in [0.15, 0.2) is 69.2 Å². The molecule has 1 unspecified atom stereocenters. The van der Waals surface area contributed by atoms with Crippen LogP contribution in [0.5, 0.6) is 0 Å². The molecule has 33 heavy (non-hydrogen) atoms. The van der Waals surface area contributed by atoms with Gasteiger partial charge in [-0.3, -0.25) is 14.3 Å². The molecular formula is C25H24ClN3O3S. The fourth-order valence-corrected chi connectivity index (χ4v) is 5.49. The summed E-state index contributed by atoms with van der Waals surface area (Å²) in [6.07, 6.45) is 1.22. The highest BCUT2D eigenvalue weighted by molar-refractivity contribution is 7.10. The van der Waals surface area contributed by atoms with E-state index in [2.05, 4.69) is 33.8 Å². The van der Waals surface area contributed by atoms with Crippen LogP contribution in [0.1, 0.15) is 28.5 Å². The Labute approximate surface area is 200 Å². The van der Waals surface area contributed by atoms with E-state index in [1.807, 2.05) is 29.5 Å². The number of nitrogens with zero attached hydrogens (tertiary/aromatic N) is 2. The molecule has 1 N–H and O–H groups in total. The lowest BCUT2D eigenvalue weighted by Crippen LogP contribution is -2.40. The number of amides is 1. The summed E-state index contributed by atoms with van der Waals surface area (Å²) in [5.74, 6) is -0.582. The maximum Gasteiger partial charge on any atom is 0.419 e. The molecule has 2 aromatic heterocycles. The fourth-order valence-electron chi connectivity index (χ4n) is 4.43. The van der Waals surface area contributed by atoms with Crippen molar-refractivity contribution in [2.24, 2.45) is 0 Å². The summed E-state index contributed by atoms with van der Waals surface area (Å²) in [6.45, 7) is 2.60. The molecule has 1 atom stereocenters. The van der Waals surface area contributed by atoms with Crippen LogP contribution in [-0.2, 0) is 24.3 Å². The molecule has 8 heteroatoms. The van der Waals surface area contributed by atoms with Gasteiger partial charge in [-0.15, -0.1) is 11.3 Å². The zero-order chi connectivity index (χ0) is 22.8. The van der Waals surface area contributed by atoms with Crippen LogP contribution in [0.4, 0.5) is 0 Å². The van der Waals surface area contributed by atoms with E-state index in [1.54, 1.807) is 18.2 Å². The minimum Gasteiger partial charge on any atom is -0.408 e. The van der Waals surface area contributed by atoms with Crippen molar-refractivity contribution in [3.63, 3.8) is 0 Å². The summed E-state index contributed by atoms with van der Waals surface area (Å²) in [7, 11) is 0. The Bertz CT molecular complexity index is 1330. The second-order valence-electron chi connectivity index (χ2n) is 8.20. The van der Waals surface area contributed by atoms with Gasteiger partial charge in [0, 0.05) is 48.6 Å². The van der Waals surface area contributed by atoms with Crippen molar-refractivity contribution in [2.45, 2.75) is 32.0 Å². The molecule has 3 heterocycles. The van der Waals surface area contributed by atoms with Crippen molar-refractivity contribution >= 4 is 39.9 Å². The number of aromatic nitrogens is 1. The number of benzene rings is 2. The number of oxazole rings is 1. The topological polar surface area (TPSA) is 67.5 Å². The molecule has 1 aliphatic rings. The zero-order valence-corrected chi connectivity index (χ0v) is 19.6. The van der Waals surface area contributed by atoms with Gasteiger partial charge >= 0.3 is 5.76 Å². The number of fused-ring (bicyclic) bond motifs is 2. The minimum absolute atomic E-state index is 0.0859. The van der Waals surface area contributed by atoms with Gasteiger partial charge in [-0.1, -0.05) is 41.9 Å². The number of carbonyl (C=O) groups excluding carboxylic acids is 1. The molecule has 1 amide bonds. The predicted molar refractivity (Wildman–Crippen MR) is 131 cm³/mol. The van der Waals surface area contributed by atoms with Crippen LogP contribution < -0.4 is 11.1 Å². The lowest BCUT2D eigenvalue weighted by molar-refractivity contribution is -0.121. The average Bonchev–Trinajstić information content (AvgIpc) is 3.41. The monoisotopic (exact) mass is 481 g/mol. The van der Waals surface area contributed by atoms with Crippen molar-refractivity contribution in [2.75, 3.05) is 13.1 Å². The SMILES string of the molecule is O=C(CCn1c(=O)oc2cc(Cl)ccc21)NCC(c1ccccc1)N1CCc2sccc2C1. The predicted octanol–water partition coefficient (Wildman–Crippen LogP) is 4.62. The van der Waals surface area contributed by atoms with Crippen LogP contribution >= 0.6 is 22.9 Å². The van der Waals surface area contributed by atoms with E-state index in [4.69, 9.17) is 16.0 Å². The minimum atomic E-state index is -0.484. The van der Waals surface area contributed by atoms with Gasteiger partial charge in [0.05, 0.1) is 11.6 Å². The second-order valence-corrected chi connectivity index (χ2v) is 9.64. The summed E-state index contributed by atoms with van der Waals surface area (Å²) >= 11 is 7.80. The number of nitrogens with one attached hydrogen (secondary N) is 1. The normalized spacial score (nSPS) is 14.8. The maximum absolute atomic E-state index is 12.7. The van der Waals surface area contributed by atoms with Gasteiger partial charge < -0.3 is 9.73 Å². The van der Waals surface area contributed by atoms with Crippen molar-refractivity contribution in [1.29, 1.82) is 0 Å². The number of hydrogen-bond donors (Lipinski definition) is 1. The molecular weight excluding hydrogens is 458 g/mol. The van der Waals surface area contributed by atoms with Gasteiger partial charge in [0.2, 0.25) is 5.91 Å². The van der Waals surface area contributed by atoms with Gasteiger partial charge in [0.25, 0.3) is 0 Å². The quantitative estimate of drug-likeness (QED) is 0.418. The van der Waals surface area contributed by atoms with Gasteiger partial charge in [-0.05, 0) is 41.1 Å². The third-order valence-corrected chi connectivity index (χ3v) is 7.41. The van der Waals surface area contributed by atoms with Crippen molar-refractivity contribution in [3.05, 3.63) is 91.6 Å². The molecule has 0 spiro atoms.